The fourth-order valence-corrected chi connectivity index (χ4v) is 3.88. The van der Waals surface area contributed by atoms with Gasteiger partial charge in [0, 0.05) is 35.6 Å². The van der Waals surface area contributed by atoms with Crippen LogP contribution < -0.4 is 20.1 Å². The molecule has 8 heteroatoms. The fourth-order valence-electron chi connectivity index (χ4n) is 3.88. The smallest absolute Gasteiger partial charge is 0.270 e. The van der Waals surface area contributed by atoms with Gasteiger partial charge in [-0.3, -0.25) is 9.78 Å². The maximum atomic E-state index is 12.5. The molecule has 8 nitrogen and oxygen atoms in total. The molecule has 1 amide bonds. The summed E-state index contributed by atoms with van der Waals surface area (Å²) in [6, 6.07) is 9.61. The number of methoxy groups -OCH3 is 1. The van der Waals surface area contributed by atoms with Crippen molar-refractivity contribution in [3.05, 3.63) is 59.5 Å². The van der Waals surface area contributed by atoms with Gasteiger partial charge >= 0.3 is 0 Å². The van der Waals surface area contributed by atoms with Crippen molar-refractivity contribution in [1.29, 1.82) is 0 Å². The highest BCUT2D eigenvalue weighted by molar-refractivity contribution is 5.96. The van der Waals surface area contributed by atoms with E-state index >= 15 is 0 Å². The van der Waals surface area contributed by atoms with Gasteiger partial charge in [-0.2, -0.15) is 0 Å². The largest absolute Gasteiger partial charge is 0.493 e. The average molecular weight is 403 g/mol. The number of amides is 1. The van der Waals surface area contributed by atoms with Crippen LogP contribution in [0.25, 0.3) is 11.4 Å². The number of carbonyl (C=O) groups is 1. The Balaban J connectivity index is 1.49. The second-order valence-corrected chi connectivity index (χ2v) is 7.28. The summed E-state index contributed by atoms with van der Waals surface area (Å²) in [4.78, 5) is 25.9. The van der Waals surface area contributed by atoms with E-state index in [1.54, 1.807) is 19.5 Å². The second-order valence-electron chi connectivity index (χ2n) is 7.28. The van der Waals surface area contributed by atoms with E-state index in [-0.39, 0.29) is 11.9 Å². The zero-order valence-electron chi connectivity index (χ0n) is 16.5. The van der Waals surface area contributed by atoms with Gasteiger partial charge in [-0.05, 0) is 31.0 Å². The molecule has 1 aromatic carbocycles. The predicted octanol–water partition coefficient (Wildman–Crippen LogP) is 2.25. The minimum Gasteiger partial charge on any atom is -0.493 e. The van der Waals surface area contributed by atoms with Crippen LogP contribution in [-0.2, 0) is 12.8 Å². The highest BCUT2D eigenvalue weighted by Crippen LogP contribution is 2.35. The minimum absolute atomic E-state index is 0.00958. The van der Waals surface area contributed by atoms with Crippen LogP contribution in [0, 0.1) is 0 Å². The molecule has 2 aliphatic heterocycles. The van der Waals surface area contributed by atoms with E-state index in [1.807, 2.05) is 30.3 Å². The fraction of sp³-hybridized carbons (Fsp3) is 0.273. The summed E-state index contributed by atoms with van der Waals surface area (Å²) in [5, 5.41) is 6.36. The second kappa shape index (κ2) is 7.62. The van der Waals surface area contributed by atoms with Crippen LogP contribution >= 0.6 is 0 Å². The SMILES string of the molecule is COc1cccc2c1OCC(Nc1nc(-c3cccnc3)nc3c1CCNC3=O)C2. The average Bonchev–Trinajstić information content (AvgIpc) is 2.79. The molecule has 3 aromatic rings. The first-order valence-corrected chi connectivity index (χ1v) is 9.87. The number of ether oxygens (including phenoxy) is 2. The molecule has 4 heterocycles. The van der Waals surface area contributed by atoms with E-state index in [0.717, 1.165) is 34.6 Å². The van der Waals surface area contributed by atoms with Gasteiger partial charge < -0.3 is 20.1 Å². The molecule has 2 aliphatic rings. The Labute approximate surface area is 173 Å². The van der Waals surface area contributed by atoms with Crippen LogP contribution in [0.5, 0.6) is 11.5 Å². The molecule has 1 atom stereocenters. The summed E-state index contributed by atoms with van der Waals surface area (Å²) in [7, 11) is 1.64. The van der Waals surface area contributed by atoms with E-state index < -0.39 is 0 Å². The Morgan fingerprint density at radius 1 is 1.23 bits per heavy atom. The quantitative estimate of drug-likeness (QED) is 0.689. The van der Waals surface area contributed by atoms with Crippen molar-refractivity contribution in [3.8, 4) is 22.9 Å². The van der Waals surface area contributed by atoms with E-state index in [1.165, 1.54) is 0 Å². The number of fused-ring (bicyclic) bond motifs is 2. The number of hydrogen-bond donors (Lipinski definition) is 2. The van der Waals surface area contributed by atoms with E-state index in [9.17, 15) is 4.79 Å². The Bertz CT molecular complexity index is 1100. The van der Waals surface area contributed by atoms with E-state index in [0.29, 0.717) is 36.9 Å². The van der Waals surface area contributed by atoms with Gasteiger partial charge in [-0.1, -0.05) is 12.1 Å². The standard InChI is InChI=1S/C22H21N5O3/c1-29-17-6-2-4-13-10-15(12-30-19(13)17)25-21-16-7-9-24-22(28)18(16)26-20(27-21)14-5-3-8-23-11-14/h2-6,8,11,15H,7,9-10,12H2,1H3,(H,24,28)(H,25,26,27). The minimum atomic E-state index is -0.179. The number of aromatic nitrogens is 3. The number of nitrogens with zero attached hydrogens (tertiary/aromatic N) is 3. The Hall–Kier alpha value is -3.68. The number of rotatable bonds is 4. The number of hydrogen-bond acceptors (Lipinski definition) is 7. The van der Waals surface area contributed by atoms with Crippen LogP contribution in [0.3, 0.4) is 0 Å². The van der Waals surface area contributed by atoms with Crippen LogP contribution in [0.15, 0.2) is 42.7 Å². The van der Waals surface area contributed by atoms with Crippen LogP contribution in [-0.4, -0.2) is 47.2 Å². The number of para-hydroxylation sites is 1. The highest BCUT2D eigenvalue weighted by atomic mass is 16.5. The highest BCUT2D eigenvalue weighted by Gasteiger charge is 2.28. The van der Waals surface area contributed by atoms with Crippen LogP contribution in [0.1, 0.15) is 21.6 Å². The predicted molar refractivity (Wildman–Crippen MR) is 111 cm³/mol. The third kappa shape index (κ3) is 3.30. The molecule has 2 N–H and O–H groups in total. The van der Waals surface area contributed by atoms with Crippen molar-refractivity contribution >= 4 is 11.7 Å². The van der Waals surface area contributed by atoms with E-state index in [4.69, 9.17) is 14.5 Å². The summed E-state index contributed by atoms with van der Waals surface area (Å²) in [5.41, 5.74) is 3.09. The zero-order chi connectivity index (χ0) is 20.5. The molecule has 30 heavy (non-hydrogen) atoms. The molecule has 152 valence electrons. The monoisotopic (exact) mass is 403 g/mol. The van der Waals surface area contributed by atoms with E-state index in [2.05, 4.69) is 20.6 Å². The molecular weight excluding hydrogens is 382 g/mol. The molecule has 0 spiro atoms. The molecule has 0 saturated heterocycles. The molecule has 0 fully saturated rings. The van der Waals surface area contributed by atoms with Crippen molar-refractivity contribution in [2.75, 3.05) is 25.6 Å². The Kier molecular flexibility index (Phi) is 4.66. The first kappa shape index (κ1) is 18.4. The molecule has 0 saturated carbocycles. The molecule has 1 unspecified atom stereocenters. The summed E-state index contributed by atoms with van der Waals surface area (Å²) >= 11 is 0. The van der Waals surface area contributed by atoms with Crippen LogP contribution in [0.4, 0.5) is 5.82 Å². The van der Waals surface area contributed by atoms with Crippen molar-refractivity contribution in [3.63, 3.8) is 0 Å². The van der Waals surface area contributed by atoms with Crippen molar-refractivity contribution in [2.24, 2.45) is 0 Å². The van der Waals surface area contributed by atoms with Gasteiger partial charge in [0.2, 0.25) is 0 Å². The van der Waals surface area contributed by atoms with Crippen molar-refractivity contribution in [1.82, 2.24) is 20.3 Å². The lowest BCUT2D eigenvalue weighted by atomic mass is 10.0. The maximum absolute atomic E-state index is 12.5. The van der Waals surface area contributed by atoms with Gasteiger partial charge in [0.05, 0.1) is 13.2 Å². The lowest BCUT2D eigenvalue weighted by Gasteiger charge is -2.29. The number of pyridine rings is 1. The third-order valence-electron chi connectivity index (χ3n) is 5.32. The van der Waals surface area contributed by atoms with Gasteiger partial charge in [-0.15, -0.1) is 0 Å². The molecule has 5 rings (SSSR count). The summed E-state index contributed by atoms with van der Waals surface area (Å²) < 4.78 is 11.4. The lowest BCUT2D eigenvalue weighted by molar-refractivity contribution is 0.0940. The third-order valence-corrected chi connectivity index (χ3v) is 5.32. The zero-order valence-corrected chi connectivity index (χ0v) is 16.5. The first-order chi connectivity index (χ1) is 14.7. The molecular formula is C22H21N5O3. The summed E-state index contributed by atoms with van der Waals surface area (Å²) in [5.74, 6) is 2.50. The normalized spacial score (nSPS) is 17.2. The van der Waals surface area contributed by atoms with Crippen LogP contribution in [0.2, 0.25) is 0 Å². The molecule has 0 bridgehead atoms. The summed E-state index contributed by atoms with van der Waals surface area (Å²) in [6.45, 7) is 1.04. The van der Waals surface area contributed by atoms with Gasteiger partial charge in [0.25, 0.3) is 5.91 Å². The van der Waals surface area contributed by atoms with Gasteiger partial charge in [0.15, 0.2) is 17.3 Å². The topological polar surface area (TPSA) is 98.3 Å². The van der Waals surface area contributed by atoms with Gasteiger partial charge in [-0.25, -0.2) is 9.97 Å². The molecule has 0 radical (unpaired) electrons. The lowest BCUT2D eigenvalue weighted by Crippen LogP contribution is -2.37. The number of carbonyl (C=O) groups excluding carboxylic acids is 1. The number of nitrogens with one attached hydrogen (secondary N) is 2. The number of anilines is 1. The van der Waals surface area contributed by atoms with Crippen molar-refractivity contribution < 1.29 is 14.3 Å². The maximum Gasteiger partial charge on any atom is 0.270 e. The Morgan fingerprint density at radius 3 is 3.00 bits per heavy atom. The number of benzene rings is 1. The first-order valence-electron chi connectivity index (χ1n) is 9.87. The molecule has 0 aliphatic carbocycles. The summed E-state index contributed by atoms with van der Waals surface area (Å²) in [6.07, 6.45) is 4.83. The van der Waals surface area contributed by atoms with Gasteiger partial charge in [0.1, 0.15) is 18.1 Å². The molecule has 2 aromatic heterocycles. The van der Waals surface area contributed by atoms with Crippen molar-refractivity contribution in [2.45, 2.75) is 18.9 Å². The Morgan fingerprint density at radius 2 is 2.17 bits per heavy atom.